The maximum absolute atomic E-state index is 13.7. The van der Waals surface area contributed by atoms with E-state index in [1.807, 2.05) is 36.4 Å². The molecule has 3 atom stereocenters. The van der Waals surface area contributed by atoms with Crippen LogP contribution in [0.25, 0.3) is 0 Å². The quantitative estimate of drug-likeness (QED) is 0.214. The van der Waals surface area contributed by atoms with Gasteiger partial charge >= 0.3 is 0 Å². The molecule has 35 heavy (non-hydrogen) atoms. The van der Waals surface area contributed by atoms with Crippen LogP contribution in [0.4, 0.5) is 4.39 Å². The Balaban J connectivity index is 1.48. The van der Waals surface area contributed by atoms with Crippen LogP contribution in [0.1, 0.15) is 54.4 Å². The summed E-state index contributed by atoms with van der Waals surface area (Å²) in [6.45, 7) is 10.1. The van der Waals surface area contributed by atoms with Gasteiger partial charge in [-0.05, 0) is 72.8 Å². The fourth-order valence-corrected chi connectivity index (χ4v) is 4.02. The Morgan fingerprint density at radius 1 is 0.886 bits per heavy atom. The SMILES string of the molecule is C=C/C=C\CC(C)[C@@H](C)Cc1ccc(CCc2ccc(C(O)Oc3ccc(C)c(F)c3)cc2)cc1. The van der Waals surface area contributed by atoms with E-state index < -0.39 is 6.29 Å². The van der Waals surface area contributed by atoms with Crippen LogP contribution in [-0.4, -0.2) is 5.11 Å². The predicted molar refractivity (Wildman–Crippen MR) is 143 cm³/mol. The van der Waals surface area contributed by atoms with Gasteiger partial charge in [0, 0.05) is 11.6 Å². The minimum atomic E-state index is -1.14. The summed E-state index contributed by atoms with van der Waals surface area (Å²) >= 11 is 0. The molecule has 0 aliphatic heterocycles. The topological polar surface area (TPSA) is 29.5 Å². The maximum Gasteiger partial charge on any atom is 0.224 e. The lowest BCUT2D eigenvalue weighted by atomic mass is 9.87. The van der Waals surface area contributed by atoms with Gasteiger partial charge in [-0.15, -0.1) is 0 Å². The monoisotopic (exact) mass is 472 g/mol. The van der Waals surface area contributed by atoms with E-state index in [0.29, 0.717) is 28.7 Å². The Bertz CT molecular complexity index is 1100. The molecule has 3 aromatic rings. The zero-order chi connectivity index (χ0) is 25.2. The summed E-state index contributed by atoms with van der Waals surface area (Å²) in [5.41, 5.74) is 5.08. The van der Waals surface area contributed by atoms with Crippen LogP contribution >= 0.6 is 0 Å². The van der Waals surface area contributed by atoms with Crippen molar-refractivity contribution < 1.29 is 14.2 Å². The highest BCUT2D eigenvalue weighted by atomic mass is 19.1. The van der Waals surface area contributed by atoms with E-state index in [2.05, 4.69) is 50.8 Å². The number of halogens is 1. The van der Waals surface area contributed by atoms with Crippen molar-refractivity contribution in [3.63, 3.8) is 0 Å². The normalized spacial score (nSPS) is 14.0. The van der Waals surface area contributed by atoms with Crippen molar-refractivity contribution >= 4 is 0 Å². The fraction of sp³-hybridized carbons (Fsp3) is 0.312. The van der Waals surface area contributed by atoms with Crippen LogP contribution in [0.3, 0.4) is 0 Å². The number of benzene rings is 3. The van der Waals surface area contributed by atoms with Crippen LogP contribution in [-0.2, 0) is 19.3 Å². The average molecular weight is 473 g/mol. The molecule has 3 heteroatoms. The standard InChI is InChI=1S/C32H37FO2/c1-5-6-7-8-23(2)25(4)21-28-14-12-26(13-15-28)10-11-27-16-18-29(19-17-27)32(34)35-30-20-9-24(3)31(33)22-30/h5-7,9,12-20,22-23,25,32,34H,1,8,10-11,21H2,2-4H3/b7-6-/t23?,25-,32?/m0/s1. The third-order valence-electron chi connectivity index (χ3n) is 6.69. The molecule has 0 saturated heterocycles. The molecule has 0 heterocycles. The van der Waals surface area contributed by atoms with E-state index in [1.54, 1.807) is 19.1 Å². The zero-order valence-electron chi connectivity index (χ0n) is 21.1. The van der Waals surface area contributed by atoms with Gasteiger partial charge < -0.3 is 9.84 Å². The molecule has 0 bridgehead atoms. The van der Waals surface area contributed by atoms with Crippen molar-refractivity contribution in [1.82, 2.24) is 0 Å². The number of rotatable bonds is 12. The summed E-state index contributed by atoms with van der Waals surface area (Å²) in [5.74, 6) is 1.22. The predicted octanol–water partition coefficient (Wildman–Crippen LogP) is 7.94. The Hall–Kier alpha value is -3.17. The average Bonchev–Trinajstić information content (AvgIpc) is 2.86. The summed E-state index contributed by atoms with van der Waals surface area (Å²) in [5, 5.41) is 10.4. The summed E-state index contributed by atoms with van der Waals surface area (Å²) in [6.07, 6.45) is 8.96. The molecular weight excluding hydrogens is 435 g/mol. The minimum Gasteiger partial charge on any atom is -0.461 e. The number of allylic oxidation sites excluding steroid dienone is 3. The second-order valence-corrected chi connectivity index (χ2v) is 9.50. The molecule has 3 aromatic carbocycles. The Morgan fingerprint density at radius 2 is 1.49 bits per heavy atom. The molecule has 3 rings (SSSR count). The smallest absolute Gasteiger partial charge is 0.224 e. The summed E-state index contributed by atoms with van der Waals surface area (Å²) in [6, 6.07) is 21.3. The van der Waals surface area contributed by atoms with E-state index >= 15 is 0 Å². The molecule has 0 saturated carbocycles. The van der Waals surface area contributed by atoms with Gasteiger partial charge in [0.25, 0.3) is 0 Å². The zero-order valence-corrected chi connectivity index (χ0v) is 21.1. The first-order valence-corrected chi connectivity index (χ1v) is 12.4. The first kappa shape index (κ1) is 26.4. The van der Waals surface area contributed by atoms with E-state index in [1.165, 1.54) is 22.8 Å². The largest absolute Gasteiger partial charge is 0.461 e. The molecule has 0 fully saturated rings. The van der Waals surface area contributed by atoms with Gasteiger partial charge in [0.2, 0.25) is 6.29 Å². The highest BCUT2D eigenvalue weighted by Crippen LogP contribution is 2.24. The molecule has 0 spiro atoms. The van der Waals surface area contributed by atoms with Crippen molar-refractivity contribution in [2.75, 3.05) is 0 Å². The van der Waals surface area contributed by atoms with E-state index in [0.717, 1.165) is 25.7 Å². The summed E-state index contributed by atoms with van der Waals surface area (Å²) in [7, 11) is 0. The van der Waals surface area contributed by atoms with E-state index in [-0.39, 0.29) is 5.82 Å². The molecule has 0 aliphatic rings. The Kier molecular flexibility index (Phi) is 9.86. The lowest BCUT2D eigenvalue weighted by Crippen LogP contribution is -2.10. The number of hydrogen-bond donors (Lipinski definition) is 1. The van der Waals surface area contributed by atoms with Gasteiger partial charge in [0.15, 0.2) is 0 Å². The third kappa shape index (κ3) is 8.22. The van der Waals surface area contributed by atoms with Crippen LogP contribution in [0.2, 0.25) is 0 Å². The number of aryl methyl sites for hydroxylation is 3. The Labute approximate surface area is 209 Å². The van der Waals surface area contributed by atoms with Crippen molar-refractivity contribution in [2.45, 2.75) is 52.7 Å². The lowest BCUT2D eigenvalue weighted by Gasteiger charge is -2.18. The molecule has 1 N–H and O–H groups in total. The lowest BCUT2D eigenvalue weighted by molar-refractivity contribution is -0.0196. The van der Waals surface area contributed by atoms with Crippen molar-refractivity contribution in [1.29, 1.82) is 0 Å². The van der Waals surface area contributed by atoms with Gasteiger partial charge in [0.05, 0.1) is 0 Å². The highest BCUT2D eigenvalue weighted by Gasteiger charge is 2.12. The van der Waals surface area contributed by atoms with Gasteiger partial charge in [-0.25, -0.2) is 4.39 Å². The summed E-state index contributed by atoms with van der Waals surface area (Å²) in [4.78, 5) is 0. The van der Waals surface area contributed by atoms with Gasteiger partial charge in [-0.2, -0.15) is 0 Å². The van der Waals surface area contributed by atoms with Crippen molar-refractivity contribution in [2.24, 2.45) is 11.8 Å². The Morgan fingerprint density at radius 3 is 2.09 bits per heavy atom. The van der Waals surface area contributed by atoms with Gasteiger partial charge in [-0.1, -0.05) is 93.3 Å². The van der Waals surface area contributed by atoms with Gasteiger partial charge in [-0.3, -0.25) is 0 Å². The number of aliphatic hydroxyl groups is 1. The van der Waals surface area contributed by atoms with Crippen LogP contribution in [0.5, 0.6) is 5.75 Å². The van der Waals surface area contributed by atoms with E-state index in [9.17, 15) is 9.50 Å². The molecular formula is C32H37FO2. The van der Waals surface area contributed by atoms with Crippen LogP contribution < -0.4 is 4.74 Å². The molecule has 0 amide bonds. The van der Waals surface area contributed by atoms with Crippen molar-refractivity contribution in [3.05, 3.63) is 125 Å². The second kappa shape index (κ2) is 13.1. The third-order valence-corrected chi connectivity index (χ3v) is 6.69. The van der Waals surface area contributed by atoms with Crippen molar-refractivity contribution in [3.8, 4) is 5.75 Å². The molecule has 0 aliphatic carbocycles. The minimum absolute atomic E-state index is 0.307. The van der Waals surface area contributed by atoms with Crippen LogP contribution in [0.15, 0.2) is 91.5 Å². The molecule has 0 radical (unpaired) electrons. The molecule has 0 aromatic heterocycles. The van der Waals surface area contributed by atoms with Crippen LogP contribution in [0, 0.1) is 24.6 Å². The number of ether oxygens (including phenoxy) is 1. The summed E-state index contributed by atoms with van der Waals surface area (Å²) < 4.78 is 19.2. The number of aliphatic hydroxyl groups excluding tert-OH is 1. The highest BCUT2D eigenvalue weighted by molar-refractivity contribution is 5.30. The fourth-order valence-electron chi connectivity index (χ4n) is 4.02. The second-order valence-electron chi connectivity index (χ2n) is 9.50. The van der Waals surface area contributed by atoms with E-state index in [4.69, 9.17) is 4.74 Å². The van der Waals surface area contributed by atoms with Gasteiger partial charge in [0.1, 0.15) is 11.6 Å². The molecule has 2 unspecified atom stereocenters. The molecule has 2 nitrogen and oxygen atoms in total. The first-order chi connectivity index (χ1) is 16.9. The number of hydrogen-bond acceptors (Lipinski definition) is 2. The maximum atomic E-state index is 13.7. The first-order valence-electron chi connectivity index (χ1n) is 12.4. The molecule has 184 valence electrons.